The summed E-state index contributed by atoms with van der Waals surface area (Å²) in [6.45, 7) is 4.42. The van der Waals surface area contributed by atoms with Crippen molar-refractivity contribution in [1.29, 1.82) is 0 Å². The van der Waals surface area contributed by atoms with E-state index in [4.69, 9.17) is 4.74 Å². The van der Waals surface area contributed by atoms with Crippen LogP contribution in [-0.4, -0.2) is 23.7 Å². The highest BCUT2D eigenvalue weighted by atomic mass is 32.2. The predicted molar refractivity (Wildman–Crippen MR) is 72.6 cm³/mol. The summed E-state index contributed by atoms with van der Waals surface area (Å²) < 4.78 is 5.36. The molecule has 2 nitrogen and oxygen atoms in total. The van der Waals surface area contributed by atoms with E-state index in [9.17, 15) is 5.11 Å². The van der Waals surface area contributed by atoms with Crippen molar-refractivity contribution in [2.24, 2.45) is 5.41 Å². The van der Waals surface area contributed by atoms with Gasteiger partial charge in [-0.15, -0.1) is 0 Å². The second kappa shape index (κ2) is 4.54. The van der Waals surface area contributed by atoms with Crippen LogP contribution in [0.1, 0.15) is 25.8 Å². The van der Waals surface area contributed by atoms with E-state index >= 15 is 0 Å². The Morgan fingerprint density at radius 1 is 1.24 bits per heavy atom. The first-order valence-electron chi connectivity index (χ1n) is 5.90. The van der Waals surface area contributed by atoms with E-state index in [1.165, 1.54) is 0 Å². The fourth-order valence-corrected chi connectivity index (χ4v) is 3.94. The van der Waals surface area contributed by atoms with Crippen molar-refractivity contribution >= 4 is 11.8 Å². The van der Waals surface area contributed by atoms with Gasteiger partial charge in [-0.05, 0) is 23.7 Å². The predicted octanol–water partition coefficient (Wildman–Crippen LogP) is 3.05. The quantitative estimate of drug-likeness (QED) is 0.877. The standard InChI is InChI=1S/C14H20O2S/c1-13(2)8-14(15,10-17-9-13)11-6-4-5-7-12(11)16-3/h4-7,15H,8-10H2,1-3H3. The average Bonchev–Trinajstić information content (AvgIpc) is 2.27. The van der Waals surface area contributed by atoms with Gasteiger partial charge in [0.15, 0.2) is 0 Å². The summed E-state index contributed by atoms with van der Waals surface area (Å²) in [5, 5.41) is 10.9. The lowest BCUT2D eigenvalue weighted by Gasteiger charge is -2.41. The van der Waals surface area contributed by atoms with Crippen molar-refractivity contribution < 1.29 is 9.84 Å². The molecule has 1 fully saturated rings. The summed E-state index contributed by atoms with van der Waals surface area (Å²) >= 11 is 1.82. The molecule has 1 aliphatic rings. The fourth-order valence-electron chi connectivity index (χ4n) is 2.59. The Morgan fingerprint density at radius 2 is 1.94 bits per heavy atom. The molecule has 1 heterocycles. The normalized spacial score (nSPS) is 27.8. The number of ether oxygens (including phenoxy) is 1. The lowest BCUT2D eigenvalue weighted by Crippen LogP contribution is -2.40. The average molecular weight is 252 g/mol. The lowest BCUT2D eigenvalue weighted by atomic mass is 9.78. The summed E-state index contributed by atoms with van der Waals surface area (Å²) in [7, 11) is 1.66. The SMILES string of the molecule is COc1ccccc1C1(O)CSCC(C)(C)C1. The minimum Gasteiger partial charge on any atom is -0.496 e. The van der Waals surface area contributed by atoms with Crippen molar-refractivity contribution in [3.05, 3.63) is 29.8 Å². The van der Waals surface area contributed by atoms with E-state index < -0.39 is 5.60 Å². The van der Waals surface area contributed by atoms with Gasteiger partial charge in [-0.2, -0.15) is 11.8 Å². The largest absolute Gasteiger partial charge is 0.496 e. The van der Waals surface area contributed by atoms with Crippen LogP contribution in [0.15, 0.2) is 24.3 Å². The van der Waals surface area contributed by atoms with E-state index in [1.54, 1.807) is 7.11 Å². The van der Waals surface area contributed by atoms with Gasteiger partial charge < -0.3 is 9.84 Å². The Kier molecular flexibility index (Phi) is 3.41. The monoisotopic (exact) mass is 252 g/mol. The molecule has 0 aromatic heterocycles. The molecule has 1 atom stereocenters. The van der Waals surface area contributed by atoms with Crippen molar-refractivity contribution in [3.8, 4) is 5.75 Å². The molecule has 0 radical (unpaired) electrons. The van der Waals surface area contributed by atoms with E-state index in [1.807, 2.05) is 36.0 Å². The van der Waals surface area contributed by atoms with Gasteiger partial charge in [0.25, 0.3) is 0 Å². The van der Waals surface area contributed by atoms with Gasteiger partial charge in [-0.3, -0.25) is 0 Å². The van der Waals surface area contributed by atoms with Gasteiger partial charge in [-0.1, -0.05) is 32.0 Å². The summed E-state index contributed by atoms with van der Waals surface area (Å²) in [6, 6.07) is 7.79. The van der Waals surface area contributed by atoms with Crippen molar-refractivity contribution in [2.75, 3.05) is 18.6 Å². The summed E-state index contributed by atoms with van der Waals surface area (Å²) in [5.41, 5.74) is 0.320. The third kappa shape index (κ3) is 2.61. The topological polar surface area (TPSA) is 29.5 Å². The van der Waals surface area contributed by atoms with Crippen LogP contribution < -0.4 is 4.74 Å². The molecule has 0 bridgehead atoms. The van der Waals surface area contributed by atoms with Crippen LogP contribution in [0, 0.1) is 5.41 Å². The Morgan fingerprint density at radius 3 is 2.59 bits per heavy atom. The molecule has 3 heteroatoms. The van der Waals surface area contributed by atoms with Gasteiger partial charge in [-0.25, -0.2) is 0 Å². The number of thioether (sulfide) groups is 1. The molecule has 1 aliphatic heterocycles. The Labute approximate surface area is 107 Å². The van der Waals surface area contributed by atoms with Crippen molar-refractivity contribution in [2.45, 2.75) is 25.9 Å². The van der Waals surface area contributed by atoms with E-state index in [0.29, 0.717) is 0 Å². The van der Waals surface area contributed by atoms with Crippen LogP contribution >= 0.6 is 11.8 Å². The fraction of sp³-hybridized carbons (Fsp3) is 0.571. The van der Waals surface area contributed by atoms with Gasteiger partial charge >= 0.3 is 0 Å². The molecule has 2 rings (SSSR count). The summed E-state index contributed by atoms with van der Waals surface area (Å²) in [5.74, 6) is 2.63. The second-order valence-electron chi connectivity index (χ2n) is 5.57. The molecule has 0 spiro atoms. The molecule has 1 N–H and O–H groups in total. The zero-order chi connectivity index (χ0) is 12.5. The molecule has 17 heavy (non-hydrogen) atoms. The first-order valence-corrected chi connectivity index (χ1v) is 7.06. The van der Waals surface area contributed by atoms with E-state index in [-0.39, 0.29) is 5.41 Å². The second-order valence-corrected chi connectivity index (χ2v) is 6.55. The Bertz CT molecular complexity index is 403. The molecule has 1 saturated heterocycles. The van der Waals surface area contributed by atoms with E-state index in [0.717, 1.165) is 29.2 Å². The van der Waals surface area contributed by atoms with Crippen LogP contribution in [0.25, 0.3) is 0 Å². The zero-order valence-electron chi connectivity index (χ0n) is 10.7. The maximum Gasteiger partial charge on any atom is 0.124 e. The highest BCUT2D eigenvalue weighted by Crippen LogP contribution is 2.46. The molecule has 0 saturated carbocycles. The maximum atomic E-state index is 10.9. The zero-order valence-corrected chi connectivity index (χ0v) is 11.5. The third-order valence-corrected chi connectivity index (χ3v) is 4.88. The van der Waals surface area contributed by atoms with Crippen LogP contribution in [0.3, 0.4) is 0 Å². The molecule has 1 unspecified atom stereocenters. The Balaban J connectivity index is 2.37. The smallest absolute Gasteiger partial charge is 0.124 e. The van der Waals surface area contributed by atoms with Gasteiger partial charge in [0.2, 0.25) is 0 Å². The van der Waals surface area contributed by atoms with Crippen LogP contribution in [0.4, 0.5) is 0 Å². The first kappa shape index (κ1) is 12.8. The minimum absolute atomic E-state index is 0.165. The third-order valence-electron chi connectivity index (χ3n) is 3.21. The molecule has 1 aromatic carbocycles. The molecule has 0 amide bonds. The minimum atomic E-state index is -0.765. The van der Waals surface area contributed by atoms with Crippen LogP contribution in [0.2, 0.25) is 0 Å². The summed E-state index contributed by atoms with van der Waals surface area (Å²) in [6.07, 6.45) is 0.785. The highest BCUT2D eigenvalue weighted by molar-refractivity contribution is 7.99. The first-order chi connectivity index (χ1) is 7.97. The van der Waals surface area contributed by atoms with Gasteiger partial charge in [0.05, 0.1) is 7.11 Å². The number of rotatable bonds is 2. The lowest BCUT2D eigenvalue weighted by molar-refractivity contribution is 0.0137. The molecular formula is C14H20O2S. The number of aliphatic hydroxyl groups is 1. The molecule has 94 valence electrons. The van der Waals surface area contributed by atoms with Crippen molar-refractivity contribution in [1.82, 2.24) is 0 Å². The number of methoxy groups -OCH3 is 1. The van der Waals surface area contributed by atoms with Crippen molar-refractivity contribution in [3.63, 3.8) is 0 Å². The highest BCUT2D eigenvalue weighted by Gasteiger charge is 2.41. The van der Waals surface area contributed by atoms with E-state index in [2.05, 4.69) is 13.8 Å². The molecular weight excluding hydrogens is 232 g/mol. The molecule has 1 aromatic rings. The Hall–Kier alpha value is -0.670. The number of benzene rings is 1. The van der Waals surface area contributed by atoms with Gasteiger partial charge in [0, 0.05) is 11.3 Å². The number of hydrogen-bond acceptors (Lipinski definition) is 3. The summed E-state index contributed by atoms with van der Waals surface area (Å²) in [4.78, 5) is 0. The van der Waals surface area contributed by atoms with Crippen LogP contribution in [0.5, 0.6) is 5.75 Å². The number of para-hydroxylation sites is 1. The molecule has 0 aliphatic carbocycles. The van der Waals surface area contributed by atoms with Crippen LogP contribution in [-0.2, 0) is 5.60 Å². The van der Waals surface area contributed by atoms with Gasteiger partial charge in [0.1, 0.15) is 11.4 Å². The number of hydrogen-bond donors (Lipinski definition) is 1. The maximum absolute atomic E-state index is 10.9.